The lowest BCUT2D eigenvalue weighted by Gasteiger charge is -2.15. The number of hydrogen-bond acceptors (Lipinski definition) is 3. The van der Waals surface area contributed by atoms with Crippen molar-refractivity contribution in [3.05, 3.63) is 23.8 Å². The number of phenols is 1. The summed E-state index contributed by atoms with van der Waals surface area (Å²) in [6, 6.07) is 5.30. The second kappa shape index (κ2) is 5.40. The van der Waals surface area contributed by atoms with Crippen molar-refractivity contribution in [3.63, 3.8) is 0 Å². The molecule has 0 saturated heterocycles. The number of benzene rings is 1. The molecule has 4 nitrogen and oxygen atoms in total. The van der Waals surface area contributed by atoms with Crippen molar-refractivity contribution in [1.29, 1.82) is 0 Å². The minimum atomic E-state index is -0.0711. The Morgan fingerprint density at radius 2 is 2.28 bits per heavy atom. The van der Waals surface area contributed by atoms with Crippen LogP contribution in [0.2, 0.25) is 0 Å². The number of nitrogens with one attached hydrogen (secondary N) is 1. The molecule has 1 aliphatic rings. The van der Waals surface area contributed by atoms with Gasteiger partial charge >= 0.3 is 0 Å². The molecule has 0 radical (unpaired) electrons. The van der Waals surface area contributed by atoms with Crippen LogP contribution in [0.25, 0.3) is 0 Å². The molecule has 0 aromatic heterocycles. The van der Waals surface area contributed by atoms with Gasteiger partial charge in [0.05, 0.1) is 5.69 Å². The van der Waals surface area contributed by atoms with Crippen molar-refractivity contribution >= 4 is 11.6 Å². The standard InChI is InChI=1S/C14H20N2O2/c1-9-5-6-13(17)12(7-9)16-14(18)8-10-3-2-4-11(10)15/h5-7,10-11,17H,2-4,8,15H2,1H3,(H,16,18)/t10-,11+/m0/s1. The van der Waals surface area contributed by atoms with E-state index in [9.17, 15) is 9.90 Å². The van der Waals surface area contributed by atoms with Crippen LogP contribution in [0.4, 0.5) is 5.69 Å². The number of carbonyl (C=O) groups is 1. The number of amides is 1. The van der Waals surface area contributed by atoms with Crippen LogP contribution in [0.3, 0.4) is 0 Å². The minimum absolute atomic E-state index is 0.0711. The summed E-state index contributed by atoms with van der Waals surface area (Å²) in [5.41, 5.74) is 7.42. The number of nitrogens with two attached hydrogens (primary N) is 1. The number of rotatable bonds is 3. The van der Waals surface area contributed by atoms with Crippen molar-refractivity contribution < 1.29 is 9.90 Å². The third-order valence-corrected chi connectivity index (χ3v) is 3.59. The van der Waals surface area contributed by atoms with E-state index in [1.165, 1.54) is 0 Å². The zero-order valence-corrected chi connectivity index (χ0v) is 10.6. The first-order valence-corrected chi connectivity index (χ1v) is 6.41. The van der Waals surface area contributed by atoms with Gasteiger partial charge in [-0.2, -0.15) is 0 Å². The molecule has 1 fully saturated rings. The van der Waals surface area contributed by atoms with Crippen LogP contribution < -0.4 is 11.1 Å². The first-order chi connectivity index (χ1) is 8.56. The summed E-state index contributed by atoms with van der Waals surface area (Å²) in [7, 11) is 0. The Morgan fingerprint density at radius 1 is 1.50 bits per heavy atom. The third-order valence-electron chi connectivity index (χ3n) is 3.59. The molecule has 0 heterocycles. The van der Waals surface area contributed by atoms with Gasteiger partial charge in [-0.05, 0) is 43.4 Å². The van der Waals surface area contributed by atoms with E-state index in [-0.39, 0.29) is 23.6 Å². The topological polar surface area (TPSA) is 75.3 Å². The average molecular weight is 248 g/mol. The van der Waals surface area contributed by atoms with Gasteiger partial charge in [0, 0.05) is 12.5 Å². The molecule has 0 unspecified atom stereocenters. The van der Waals surface area contributed by atoms with Gasteiger partial charge < -0.3 is 16.2 Å². The fourth-order valence-electron chi connectivity index (χ4n) is 2.51. The molecule has 1 aromatic rings. The molecular weight excluding hydrogens is 228 g/mol. The lowest BCUT2D eigenvalue weighted by Crippen LogP contribution is -2.28. The number of hydrogen-bond donors (Lipinski definition) is 3. The normalized spacial score (nSPS) is 23.0. The largest absolute Gasteiger partial charge is 0.506 e. The Hall–Kier alpha value is -1.55. The van der Waals surface area contributed by atoms with Gasteiger partial charge in [-0.1, -0.05) is 12.5 Å². The number of aromatic hydroxyl groups is 1. The van der Waals surface area contributed by atoms with Crippen molar-refractivity contribution in [2.75, 3.05) is 5.32 Å². The number of aryl methyl sites for hydroxylation is 1. The maximum Gasteiger partial charge on any atom is 0.224 e. The monoisotopic (exact) mass is 248 g/mol. The predicted octanol–water partition coefficient (Wildman–Crippen LogP) is 2.16. The first-order valence-electron chi connectivity index (χ1n) is 6.41. The van der Waals surface area contributed by atoms with Gasteiger partial charge in [-0.25, -0.2) is 0 Å². The molecule has 98 valence electrons. The van der Waals surface area contributed by atoms with Crippen LogP contribution in [0.15, 0.2) is 18.2 Å². The molecule has 1 aliphatic carbocycles. The summed E-state index contributed by atoms with van der Waals surface area (Å²) < 4.78 is 0. The molecule has 0 spiro atoms. The van der Waals surface area contributed by atoms with Gasteiger partial charge in [-0.15, -0.1) is 0 Å². The van der Waals surface area contributed by atoms with Crippen molar-refractivity contribution in [3.8, 4) is 5.75 Å². The van der Waals surface area contributed by atoms with Crippen LogP contribution in [-0.2, 0) is 4.79 Å². The molecule has 1 aromatic carbocycles. The summed E-state index contributed by atoms with van der Waals surface area (Å²) in [6.45, 7) is 1.92. The summed E-state index contributed by atoms with van der Waals surface area (Å²) in [5, 5.41) is 12.4. The van der Waals surface area contributed by atoms with Gasteiger partial charge in [0.1, 0.15) is 5.75 Å². The van der Waals surface area contributed by atoms with Crippen LogP contribution in [0.1, 0.15) is 31.2 Å². The van der Waals surface area contributed by atoms with E-state index in [1.54, 1.807) is 18.2 Å². The highest BCUT2D eigenvalue weighted by atomic mass is 16.3. The van der Waals surface area contributed by atoms with Gasteiger partial charge in [0.15, 0.2) is 0 Å². The molecule has 1 saturated carbocycles. The Morgan fingerprint density at radius 3 is 2.94 bits per heavy atom. The summed E-state index contributed by atoms with van der Waals surface area (Å²) >= 11 is 0. The molecule has 4 heteroatoms. The third kappa shape index (κ3) is 3.01. The van der Waals surface area contributed by atoms with E-state index in [1.807, 2.05) is 6.92 Å². The molecule has 1 amide bonds. The molecule has 4 N–H and O–H groups in total. The number of phenolic OH excluding ortho intramolecular Hbond substituents is 1. The van der Waals surface area contributed by atoms with Crippen molar-refractivity contribution in [2.45, 2.75) is 38.6 Å². The highest BCUT2D eigenvalue weighted by molar-refractivity contribution is 5.92. The lowest BCUT2D eigenvalue weighted by molar-refractivity contribution is -0.117. The Labute approximate surface area is 107 Å². The molecule has 2 atom stereocenters. The van der Waals surface area contributed by atoms with E-state index in [0.29, 0.717) is 12.1 Å². The highest BCUT2D eigenvalue weighted by Crippen LogP contribution is 2.28. The number of anilines is 1. The molecular formula is C14H20N2O2. The van der Waals surface area contributed by atoms with E-state index in [4.69, 9.17) is 5.73 Å². The van der Waals surface area contributed by atoms with E-state index >= 15 is 0 Å². The van der Waals surface area contributed by atoms with Crippen LogP contribution in [0, 0.1) is 12.8 Å². The summed E-state index contributed by atoms with van der Waals surface area (Å²) in [6.07, 6.45) is 3.57. The smallest absolute Gasteiger partial charge is 0.224 e. The van der Waals surface area contributed by atoms with E-state index in [2.05, 4.69) is 5.32 Å². The summed E-state index contributed by atoms with van der Waals surface area (Å²) in [5.74, 6) is 0.305. The fraction of sp³-hybridized carbons (Fsp3) is 0.500. The van der Waals surface area contributed by atoms with Crippen molar-refractivity contribution in [1.82, 2.24) is 0 Å². The maximum atomic E-state index is 11.9. The zero-order valence-electron chi connectivity index (χ0n) is 10.6. The zero-order chi connectivity index (χ0) is 13.1. The summed E-state index contributed by atoms with van der Waals surface area (Å²) in [4.78, 5) is 11.9. The van der Waals surface area contributed by atoms with E-state index < -0.39 is 0 Å². The Bertz CT molecular complexity index is 445. The predicted molar refractivity (Wildman–Crippen MR) is 71.4 cm³/mol. The second-order valence-corrected chi connectivity index (χ2v) is 5.13. The van der Waals surface area contributed by atoms with E-state index in [0.717, 1.165) is 24.8 Å². The molecule has 0 bridgehead atoms. The molecule has 18 heavy (non-hydrogen) atoms. The van der Waals surface area contributed by atoms with Crippen molar-refractivity contribution in [2.24, 2.45) is 11.7 Å². The minimum Gasteiger partial charge on any atom is -0.506 e. The Kier molecular flexibility index (Phi) is 3.87. The van der Waals surface area contributed by atoms with Crippen LogP contribution in [0.5, 0.6) is 5.75 Å². The van der Waals surface area contributed by atoms with Gasteiger partial charge in [0.2, 0.25) is 5.91 Å². The fourth-order valence-corrected chi connectivity index (χ4v) is 2.51. The average Bonchev–Trinajstić information content (AvgIpc) is 2.70. The number of carbonyl (C=O) groups excluding carboxylic acids is 1. The molecule has 2 rings (SSSR count). The highest BCUT2D eigenvalue weighted by Gasteiger charge is 2.26. The SMILES string of the molecule is Cc1ccc(O)c(NC(=O)C[C@@H]2CCC[C@H]2N)c1. The Balaban J connectivity index is 1.96. The second-order valence-electron chi connectivity index (χ2n) is 5.13. The quantitative estimate of drug-likeness (QED) is 0.717. The first kappa shape index (κ1) is 12.9. The van der Waals surface area contributed by atoms with Crippen LogP contribution in [-0.4, -0.2) is 17.1 Å². The van der Waals surface area contributed by atoms with Gasteiger partial charge in [0.25, 0.3) is 0 Å². The maximum absolute atomic E-state index is 11.9. The molecule has 0 aliphatic heterocycles. The lowest BCUT2D eigenvalue weighted by atomic mass is 10.00. The van der Waals surface area contributed by atoms with Crippen LogP contribution >= 0.6 is 0 Å². The van der Waals surface area contributed by atoms with Gasteiger partial charge in [-0.3, -0.25) is 4.79 Å².